The number of aryl methyl sites for hydroxylation is 2. The molecule has 0 saturated carbocycles. The van der Waals surface area contributed by atoms with Gasteiger partial charge in [-0.15, -0.1) is 0 Å². The van der Waals surface area contributed by atoms with Gasteiger partial charge in [-0.3, -0.25) is 9.59 Å². The van der Waals surface area contributed by atoms with Gasteiger partial charge in [-0.25, -0.2) is 0 Å². The van der Waals surface area contributed by atoms with Crippen LogP contribution in [0.15, 0.2) is 4.52 Å². The van der Waals surface area contributed by atoms with Crippen molar-refractivity contribution in [3.8, 4) is 0 Å². The van der Waals surface area contributed by atoms with Crippen LogP contribution in [0.25, 0.3) is 0 Å². The molecule has 0 radical (unpaired) electrons. The first-order valence-corrected chi connectivity index (χ1v) is 7.46. The Morgan fingerprint density at radius 3 is 2.41 bits per heavy atom. The van der Waals surface area contributed by atoms with E-state index in [1.165, 1.54) is 0 Å². The second-order valence-electron chi connectivity index (χ2n) is 5.96. The molecule has 4 N–H and O–H groups in total. The largest absolute Gasteiger partial charge is 0.361 e. The molecule has 1 aromatic rings. The number of aromatic nitrogens is 1. The number of hydrogen-bond donors (Lipinski definition) is 3. The molecular weight excluding hydrogens is 284 g/mol. The zero-order valence-electron chi connectivity index (χ0n) is 13.9. The molecule has 124 valence electrons. The van der Waals surface area contributed by atoms with E-state index in [0.717, 1.165) is 17.0 Å². The van der Waals surface area contributed by atoms with Gasteiger partial charge in [0, 0.05) is 11.6 Å². The first kappa shape index (κ1) is 18.2. The molecule has 7 nitrogen and oxygen atoms in total. The molecule has 0 aliphatic carbocycles. The fourth-order valence-corrected chi connectivity index (χ4v) is 2.06. The van der Waals surface area contributed by atoms with Crippen molar-refractivity contribution in [2.75, 3.05) is 6.54 Å². The van der Waals surface area contributed by atoms with E-state index in [2.05, 4.69) is 15.8 Å². The van der Waals surface area contributed by atoms with Gasteiger partial charge >= 0.3 is 0 Å². The van der Waals surface area contributed by atoms with Crippen molar-refractivity contribution in [1.82, 2.24) is 15.8 Å². The highest BCUT2D eigenvalue weighted by Gasteiger charge is 2.18. The maximum absolute atomic E-state index is 11.8. The highest BCUT2D eigenvalue weighted by molar-refractivity contribution is 5.87. The highest BCUT2D eigenvalue weighted by Crippen LogP contribution is 2.14. The van der Waals surface area contributed by atoms with Crippen LogP contribution in [0.4, 0.5) is 0 Å². The number of carbonyl (C=O) groups is 2. The number of nitrogens with zero attached hydrogens (tertiary/aromatic N) is 1. The van der Waals surface area contributed by atoms with Crippen LogP contribution < -0.4 is 16.4 Å². The van der Waals surface area contributed by atoms with Crippen LogP contribution in [0.5, 0.6) is 0 Å². The van der Waals surface area contributed by atoms with Crippen molar-refractivity contribution in [2.45, 2.75) is 53.1 Å². The molecule has 0 spiro atoms. The Bertz CT molecular complexity index is 505. The van der Waals surface area contributed by atoms with E-state index < -0.39 is 6.04 Å². The average Bonchev–Trinajstić information content (AvgIpc) is 2.75. The van der Waals surface area contributed by atoms with Crippen LogP contribution in [0.2, 0.25) is 0 Å². The summed E-state index contributed by atoms with van der Waals surface area (Å²) in [6.07, 6.45) is 0.631. The second-order valence-corrected chi connectivity index (χ2v) is 5.96. The van der Waals surface area contributed by atoms with Gasteiger partial charge in [-0.2, -0.15) is 0 Å². The summed E-state index contributed by atoms with van der Waals surface area (Å²) in [7, 11) is 0. The molecule has 0 saturated heterocycles. The van der Waals surface area contributed by atoms with E-state index in [0.29, 0.717) is 6.42 Å². The summed E-state index contributed by atoms with van der Waals surface area (Å²) in [5.41, 5.74) is 7.54. The number of nitrogens with two attached hydrogens (primary N) is 1. The summed E-state index contributed by atoms with van der Waals surface area (Å²) >= 11 is 0. The predicted molar refractivity (Wildman–Crippen MR) is 83.1 cm³/mol. The van der Waals surface area contributed by atoms with Crippen molar-refractivity contribution < 1.29 is 14.1 Å². The van der Waals surface area contributed by atoms with Gasteiger partial charge in [0.05, 0.1) is 18.3 Å². The molecule has 22 heavy (non-hydrogen) atoms. The number of rotatable bonds is 7. The topological polar surface area (TPSA) is 110 Å². The molecule has 0 aliphatic rings. The molecule has 2 amide bonds. The summed E-state index contributed by atoms with van der Waals surface area (Å²) in [4.78, 5) is 23.5. The Morgan fingerprint density at radius 2 is 1.91 bits per heavy atom. The average molecular weight is 310 g/mol. The molecular formula is C15H26N4O3. The van der Waals surface area contributed by atoms with E-state index in [1.807, 2.05) is 34.6 Å². The third-order valence-corrected chi connectivity index (χ3v) is 3.54. The molecule has 7 heteroatoms. The molecule has 1 aromatic heterocycles. The van der Waals surface area contributed by atoms with Crippen LogP contribution in [0.3, 0.4) is 0 Å². The minimum absolute atomic E-state index is 0.0292. The van der Waals surface area contributed by atoms with E-state index in [9.17, 15) is 9.59 Å². The monoisotopic (exact) mass is 310 g/mol. The standard InChI is InChI=1S/C15H26N4O3/c1-8(2)14(16)15(21)17-7-13(20)18-9(3)6-12-10(4)19-22-11(12)5/h8-9,14H,6-7,16H2,1-5H3,(H,17,21)(H,18,20)/t9?,14-/m0/s1. The number of amides is 2. The second kappa shape index (κ2) is 7.93. The van der Waals surface area contributed by atoms with Crippen LogP contribution in [-0.4, -0.2) is 35.6 Å². The molecule has 0 aliphatic heterocycles. The van der Waals surface area contributed by atoms with E-state index in [-0.39, 0.29) is 30.3 Å². The SMILES string of the molecule is Cc1noc(C)c1CC(C)NC(=O)CNC(=O)[C@@H](N)C(C)C. The summed E-state index contributed by atoms with van der Waals surface area (Å²) in [6, 6.07) is -0.687. The van der Waals surface area contributed by atoms with Gasteiger partial charge in [0.2, 0.25) is 11.8 Å². The van der Waals surface area contributed by atoms with Crippen LogP contribution in [0, 0.1) is 19.8 Å². The van der Waals surface area contributed by atoms with Gasteiger partial charge in [0.1, 0.15) is 5.76 Å². The quantitative estimate of drug-likeness (QED) is 0.677. The zero-order valence-corrected chi connectivity index (χ0v) is 13.9. The summed E-state index contributed by atoms with van der Waals surface area (Å²) in [5.74, 6) is 0.225. The van der Waals surface area contributed by atoms with Crippen molar-refractivity contribution in [3.63, 3.8) is 0 Å². The molecule has 0 fully saturated rings. The van der Waals surface area contributed by atoms with Crippen LogP contribution in [-0.2, 0) is 16.0 Å². The lowest BCUT2D eigenvalue weighted by molar-refractivity contribution is -0.127. The fourth-order valence-electron chi connectivity index (χ4n) is 2.06. The lowest BCUT2D eigenvalue weighted by Gasteiger charge is -2.17. The van der Waals surface area contributed by atoms with E-state index in [1.54, 1.807) is 0 Å². The van der Waals surface area contributed by atoms with Crippen molar-refractivity contribution in [1.29, 1.82) is 0 Å². The summed E-state index contributed by atoms with van der Waals surface area (Å²) in [5, 5.41) is 9.26. The minimum Gasteiger partial charge on any atom is -0.361 e. The highest BCUT2D eigenvalue weighted by atomic mass is 16.5. The Kier molecular flexibility index (Phi) is 6.55. The van der Waals surface area contributed by atoms with Crippen LogP contribution >= 0.6 is 0 Å². The third kappa shape index (κ3) is 5.14. The molecule has 1 heterocycles. The number of nitrogens with one attached hydrogen (secondary N) is 2. The Morgan fingerprint density at radius 1 is 1.27 bits per heavy atom. The third-order valence-electron chi connectivity index (χ3n) is 3.54. The number of carbonyl (C=O) groups excluding carboxylic acids is 2. The fraction of sp³-hybridized carbons (Fsp3) is 0.667. The van der Waals surface area contributed by atoms with Gasteiger partial charge in [0.15, 0.2) is 0 Å². The summed E-state index contributed by atoms with van der Waals surface area (Å²) in [6.45, 7) is 9.24. The minimum atomic E-state index is -0.604. The van der Waals surface area contributed by atoms with Gasteiger partial charge < -0.3 is 20.9 Å². The maximum Gasteiger partial charge on any atom is 0.239 e. The van der Waals surface area contributed by atoms with E-state index in [4.69, 9.17) is 10.3 Å². The maximum atomic E-state index is 11.8. The first-order chi connectivity index (χ1) is 10.2. The molecule has 2 atom stereocenters. The summed E-state index contributed by atoms with van der Waals surface area (Å²) < 4.78 is 5.10. The van der Waals surface area contributed by atoms with Crippen molar-refractivity contribution in [3.05, 3.63) is 17.0 Å². The first-order valence-electron chi connectivity index (χ1n) is 7.46. The van der Waals surface area contributed by atoms with Gasteiger partial charge in [0.25, 0.3) is 0 Å². The van der Waals surface area contributed by atoms with E-state index >= 15 is 0 Å². The Balaban J connectivity index is 2.40. The molecule has 0 bridgehead atoms. The molecule has 1 unspecified atom stereocenters. The predicted octanol–water partition coefficient (Wildman–Crippen LogP) is 0.438. The smallest absolute Gasteiger partial charge is 0.239 e. The van der Waals surface area contributed by atoms with Gasteiger partial charge in [-0.1, -0.05) is 19.0 Å². The van der Waals surface area contributed by atoms with Gasteiger partial charge in [-0.05, 0) is 33.1 Å². The lowest BCUT2D eigenvalue weighted by atomic mass is 10.1. The Hall–Kier alpha value is -1.89. The van der Waals surface area contributed by atoms with Crippen molar-refractivity contribution in [2.24, 2.45) is 11.7 Å². The lowest BCUT2D eigenvalue weighted by Crippen LogP contribution is -2.48. The van der Waals surface area contributed by atoms with Crippen molar-refractivity contribution >= 4 is 11.8 Å². The van der Waals surface area contributed by atoms with Crippen LogP contribution in [0.1, 0.15) is 37.8 Å². The normalized spacial score (nSPS) is 13.8. The molecule has 0 aromatic carbocycles. The number of hydrogen-bond acceptors (Lipinski definition) is 5. The zero-order chi connectivity index (χ0) is 16.9. The molecule has 1 rings (SSSR count). The Labute approximate surface area is 131 Å².